The Hall–Kier alpha value is -2.20. The molecular formula is C21H24N2OS. The molecule has 0 saturated carbocycles. The average Bonchev–Trinajstić information content (AvgIpc) is 2.93. The van der Waals surface area contributed by atoms with Gasteiger partial charge in [0.1, 0.15) is 0 Å². The number of benzene rings is 2. The number of aryl methyl sites for hydroxylation is 1. The molecular weight excluding hydrogens is 328 g/mol. The monoisotopic (exact) mass is 352 g/mol. The van der Waals surface area contributed by atoms with E-state index in [1.807, 2.05) is 32.0 Å². The van der Waals surface area contributed by atoms with Crippen LogP contribution in [0.5, 0.6) is 0 Å². The summed E-state index contributed by atoms with van der Waals surface area (Å²) in [6.45, 7) is 8.37. The number of nitrogens with zero attached hydrogens (tertiary/aromatic N) is 1. The van der Waals surface area contributed by atoms with Gasteiger partial charge in [-0.15, -0.1) is 11.3 Å². The van der Waals surface area contributed by atoms with Gasteiger partial charge in [0.15, 0.2) is 0 Å². The predicted molar refractivity (Wildman–Crippen MR) is 106 cm³/mol. The number of nitrogens with one attached hydrogen (secondary N) is 1. The highest BCUT2D eigenvalue weighted by molar-refractivity contribution is 7.18. The van der Waals surface area contributed by atoms with Gasteiger partial charge >= 0.3 is 0 Å². The van der Waals surface area contributed by atoms with Gasteiger partial charge in [-0.1, -0.05) is 38.1 Å². The van der Waals surface area contributed by atoms with E-state index in [9.17, 15) is 4.79 Å². The van der Waals surface area contributed by atoms with Crippen LogP contribution < -0.4 is 5.32 Å². The molecule has 2 aromatic carbocycles. The largest absolute Gasteiger partial charge is 0.326 e. The molecule has 1 N–H and O–H groups in total. The molecule has 0 spiro atoms. The molecule has 1 aromatic heterocycles. The fourth-order valence-corrected chi connectivity index (χ4v) is 3.80. The van der Waals surface area contributed by atoms with Crippen LogP contribution in [0.4, 0.5) is 5.69 Å². The number of hydrogen-bond acceptors (Lipinski definition) is 3. The first-order chi connectivity index (χ1) is 11.9. The SMILES string of the molecule is Cc1nc2ccc(NC(=O)[C@@H](C)c3ccc(CC(C)C)cc3)cc2s1. The normalized spacial score (nSPS) is 12.5. The summed E-state index contributed by atoms with van der Waals surface area (Å²) < 4.78 is 1.10. The van der Waals surface area contributed by atoms with Crippen LogP contribution >= 0.6 is 11.3 Å². The van der Waals surface area contributed by atoms with Gasteiger partial charge in [-0.2, -0.15) is 0 Å². The molecule has 0 unspecified atom stereocenters. The van der Waals surface area contributed by atoms with Gasteiger partial charge in [0.25, 0.3) is 0 Å². The molecule has 0 aliphatic carbocycles. The lowest BCUT2D eigenvalue weighted by molar-refractivity contribution is -0.117. The zero-order valence-corrected chi connectivity index (χ0v) is 16.0. The molecule has 1 heterocycles. The van der Waals surface area contributed by atoms with E-state index in [0.717, 1.165) is 32.9 Å². The number of rotatable bonds is 5. The predicted octanol–water partition coefficient (Wildman–Crippen LogP) is 5.55. The van der Waals surface area contributed by atoms with Gasteiger partial charge in [-0.05, 0) is 55.5 Å². The fraction of sp³-hybridized carbons (Fsp3) is 0.333. The van der Waals surface area contributed by atoms with Gasteiger partial charge in [-0.3, -0.25) is 4.79 Å². The molecule has 3 nitrogen and oxygen atoms in total. The summed E-state index contributed by atoms with van der Waals surface area (Å²) in [6, 6.07) is 14.3. The first-order valence-electron chi connectivity index (χ1n) is 8.69. The van der Waals surface area contributed by atoms with Crippen LogP contribution in [0.1, 0.15) is 42.8 Å². The van der Waals surface area contributed by atoms with Crippen LogP contribution in [0.25, 0.3) is 10.2 Å². The van der Waals surface area contributed by atoms with Crippen molar-refractivity contribution >= 4 is 33.1 Å². The molecule has 0 bridgehead atoms. The second-order valence-corrected chi connectivity index (χ2v) is 8.20. The van der Waals surface area contributed by atoms with Crippen LogP contribution in [0.15, 0.2) is 42.5 Å². The van der Waals surface area contributed by atoms with Crippen molar-refractivity contribution in [3.63, 3.8) is 0 Å². The van der Waals surface area contributed by atoms with E-state index in [-0.39, 0.29) is 11.8 Å². The number of amides is 1. The molecule has 3 rings (SSSR count). The van der Waals surface area contributed by atoms with Crippen LogP contribution in [-0.2, 0) is 11.2 Å². The Balaban J connectivity index is 1.70. The Morgan fingerprint density at radius 1 is 1.12 bits per heavy atom. The summed E-state index contributed by atoms with van der Waals surface area (Å²) in [5.41, 5.74) is 4.16. The highest BCUT2D eigenvalue weighted by Crippen LogP contribution is 2.26. The van der Waals surface area contributed by atoms with E-state index in [2.05, 4.69) is 48.4 Å². The summed E-state index contributed by atoms with van der Waals surface area (Å²) in [5.74, 6) is 0.459. The van der Waals surface area contributed by atoms with Crippen molar-refractivity contribution in [3.05, 3.63) is 58.6 Å². The van der Waals surface area contributed by atoms with Gasteiger partial charge in [0.05, 0.1) is 21.1 Å². The molecule has 1 amide bonds. The second kappa shape index (κ2) is 7.36. The lowest BCUT2D eigenvalue weighted by Crippen LogP contribution is -2.18. The van der Waals surface area contributed by atoms with E-state index in [0.29, 0.717) is 5.92 Å². The van der Waals surface area contributed by atoms with Crippen molar-refractivity contribution in [1.82, 2.24) is 4.98 Å². The van der Waals surface area contributed by atoms with E-state index >= 15 is 0 Å². The number of aromatic nitrogens is 1. The van der Waals surface area contributed by atoms with Crippen LogP contribution in [0, 0.1) is 12.8 Å². The fourth-order valence-electron chi connectivity index (χ4n) is 2.93. The smallest absolute Gasteiger partial charge is 0.231 e. The van der Waals surface area contributed by atoms with Gasteiger partial charge in [-0.25, -0.2) is 4.98 Å². The zero-order valence-electron chi connectivity index (χ0n) is 15.2. The summed E-state index contributed by atoms with van der Waals surface area (Å²) in [6.07, 6.45) is 1.06. The molecule has 1 atom stereocenters. The van der Waals surface area contributed by atoms with Crippen LogP contribution in [0.2, 0.25) is 0 Å². The molecule has 0 aliphatic rings. The molecule has 3 aromatic rings. The Bertz CT molecular complexity index is 881. The van der Waals surface area contributed by atoms with Crippen molar-refractivity contribution in [1.29, 1.82) is 0 Å². The molecule has 0 aliphatic heterocycles. The standard InChI is InChI=1S/C21H24N2OS/c1-13(2)11-16-5-7-17(8-6-16)14(3)21(24)23-18-9-10-19-20(12-18)25-15(4)22-19/h5-10,12-14H,11H2,1-4H3,(H,23,24)/t14-/m0/s1. The lowest BCUT2D eigenvalue weighted by Gasteiger charge is -2.14. The highest BCUT2D eigenvalue weighted by Gasteiger charge is 2.16. The summed E-state index contributed by atoms with van der Waals surface area (Å²) >= 11 is 1.64. The topological polar surface area (TPSA) is 42.0 Å². The quantitative estimate of drug-likeness (QED) is 0.654. The minimum absolute atomic E-state index is 0.0113. The number of carbonyl (C=O) groups is 1. The van der Waals surface area contributed by atoms with Crippen molar-refractivity contribution < 1.29 is 4.79 Å². The van der Waals surface area contributed by atoms with Crippen LogP contribution in [0.3, 0.4) is 0 Å². The third-order valence-corrected chi connectivity index (χ3v) is 5.21. The van der Waals surface area contributed by atoms with Crippen molar-refractivity contribution in [2.24, 2.45) is 5.92 Å². The Labute approximate surface area is 153 Å². The van der Waals surface area contributed by atoms with Gasteiger partial charge in [0.2, 0.25) is 5.91 Å². The Morgan fingerprint density at radius 3 is 2.52 bits per heavy atom. The summed E-state index contributed by atoms with van der Waals surface area (Å²) in [4.78, 5) is 17.0. The number of thiazole rings is 1. The van der Waals surface area contributed by atoms with E-state index in [1.165, 1.54) is 5.56 Å². The molecule has 0 saturated heterocycles. The van der Waals surface area contributed by atoms with Crippen LogP contribution in [-0.4, -0.2) is 10.9 Å². The van der Waals surface area contributed by atoms with Crippen molar-refractivity contribution in [2.45, 2.75) is 40.0 Å². The molecule has 0 radical (unpaired) electrons. The number of hydrogen-bond donors (Lipinski definition) is 1. The number of carbonyl (C=O) groups excluding carboxylic acids is 1. The highest BCUT2D eigenvalue weighted by atomic mass is 32.1. The number of fused-ring (bicyclic) bond motifs is 1. The summed E-state index contributed by atoms with van der Waals surface area (Å²) in [5, 5.41) is 4.06. The minimum Gasteiger partial charge on any atom is -0.326 e. The second-order valence-electron chi connectivity index (χ2n) is 6.97. The van der Waals surface area contributed by atoms with Gasteiger partial charge in [0, 0.05) is 5.69 Å². The Kier molecular flexibility index (Phi) is 5.19. The van der Waals surface area contributed by atoms with Crippen molar-refractivity contribution in [2.75, 3.05) is 5.32 Å². The van der Waals surface area contributed by atoms with E-state index in [1.54, 1.807) is 11.3 Å². The maximum atomic E-state index is 12.6. The number of anilines is 1. The first-order valence-corrected chi connectivity index (χ1v) is 9.51. The minimum atomic E-state index is -0.188. The molecule has 4 heteroatoms. The van der Waals surface area contributed by atoms with E-state index < -0.39 is 0 Å². The molecule has 25 heavy (non-hydrogen) atoms. The first kappa shape index (κ1) is 17.6. The molecule has 130 valence electrons. The van der Waals surface area contributed by atoms with Gasteiger partial charge < -0.3 is 5.32 Å². The van der Waals surface area contributed by atoms with Crippen molar-refractivity contribution in [3.8, 4) is 0 Å². The molecule has 0 fully saturated rings. The Morgan fingerprint density at radius 2 is 1.84 bits per heavy atom. The maximum Gasteiger partial charge on any atom is 0.231 e. The average molecular weight is 353 g/mol. The summed E-state index contributed by atoms with van der Waals surface area (Å²) in [7, 11) is 0. The lowest BCUT2D eigenvalue weighted by atomic mass is 9.96. The zero-order chi connectivity index (χ0) is 18.0. The van der Waals surface area contributed by atoms with E-state index in [4.69, 9.17) is 0 Å². The third-order valence-electron chi connectivity index (χ3n) is 4.28. The maximum absolute atomic E-state index is 12.6. The third kappa shape index (κ3) is 4.26.